The van der Waals surface area contributed by atoms with E-state index in [1.54, 1.807) is 0 Å². The Morgan fingerprint density at radius 2 is 2.33 bits per heavy atom. The molecule has 0 heterocycles. The summed E-state index contributed by atoms with van der Waals surface area (Å²) in [5.74, 6) is 0. The summed E-state index contributed by atoms with van der Waals surface area (Å²) in [6, 6.07) is 0. The summed E-state index contributed by atoms with van der Waals surface area (Å²) in [5.41, 5.74) is 5.59. The molecule has 2 heteroatoms. The van der Waals surface area contributed by atoms with Crippen molar-refractivity contribution in [3.8, 4) is 0 Å². The first kappa shape index (κ1) is 6.77. The van der Waals surface area contributed by atoms with Gasteiger partial charge in [0.25, 0.3) is 0 Å². The minimum absolute atomic E-state index is 0.370. The van der Waals surface area contributed by atoms with Crippen molar-refractivity contribution in [1.82, 2.24) is 0 Å². The third-order valence-electron chi connectivity index (χ3n) is 1.80. The zero-order valence-electron chi connectivity index (χ0n) is 5.80. The van der Waals surface area contributed by atoms with Crippen LogP contribution in [0.5, 0.6) is 0 Å². The summed E-state index contributed by atoms with van der Waals surface area (Å²) in [7, 11) is 1.17. The maximum atomic E-state index is 5.59. The lowest BCUT2D eigenvalue weighted by Gasteiger charge is -2.23. The van der Waals surface area contributed by atoms with Crippen LogP contribution in [0.2, 0.25) is 5.04 Å². The van der Waals surface area contributed by atoms with Crippen LogP contribution in [0.25, 0.3) is 0 Å². The molecule has 9 heavy (non-hydrogen) atoms. The molecule has 1 aliphatic carbocycles. The van der Waals surface area contributed by atoms with E-state index in [0.29, 0.717) is 5.04 Å². The summed E-state index contributed by atoms with van der Waals surface area (Å²) in [6.07, 6.45) is 9.76. The van der Waals surface area contributed by atoms with Gasteiger partial charge < -0.3 is 5.73 Å². The van der Waals surface area contributed by atoms with Crippen molar-refractivity contribution in [2.24, 2.45) is 5.73 Å². The highest BCUT2D eigenvalue weighted by Crippen LogP contribution is 2.29. The van der Waals surface area contributed by atoms with E-state index in [-0.39, 0.29) is 0 Å². The van der Waals surface area contributed by atoms with E-state index in [1.165, 1.54) is 10.2 Å². The zero-order valence-corrected chi connectivity index (χ0v) is 7.80. The number of nitrogens with two attached hydrogens (primary N) is 1. The molecule has 0 spiro atoms. The molecule has 0 saturated carbocycles. The number of hydrogen-bond donors (Lipinski definition) is 1. The maximum absolute atomic E-state index is 5.59. The Morgan fingerprint density at radius 3 is 2.67 bits per heavy atom. The molecule has 0 aromatic carbocycles. The molecule has 50 valence electrons. The van der Waals surface area contributed by atoms with Crippen molar-refractivity contribution in [3.63, 3.8) is 0 Å². The quantitative estimate of drug-likeness (QED) is 0.508. The predicted molar refractivity (Wildman–Crippen MR) is 44.6 cm³/mol. The zero-order chi connectivity index (χ0) is 6.74. The van der Waals surface area contributed by atoms with Crippen molar-refractivity contribution < 1.29 is 0 Å². The average Bonchev–Trinajstić information content (AvgIpc) is 1.90. The topological polar surface area (TPSA) is 26.0 Å². The molecule has 1 aliphatic rings. The second-order valence-electron chi connectivity index (χ2n) is 2.85. The van der Waals surface area contributed by atoms with Crippen molar-refractivity contribution in [2.45, 2.75) is 11.5 Å². The molecule has 0 bridgehead atoms. The van der Waals surface area contributed by atoms with Crippen LogP contribution in [0.4, 0.5) is 0 Å². The van der Waals surface area contributed by atoms with Gasteiger partial charge in [0, 0.05) is 10.2 Å². The Labute approximate surface area is 59.1 Å². The van der Waals surface area contributed by atoms with Crippen molar-refractivity contribution >= 4 is 10.2 Å². The van der Waals surface area contributed by atoms with Gasteiger partial charge in [-0.1, -0.05) is 24.3 Å². The normalized spacial score (nSPS) is 33.4. The van der Waals surface area contributed by atoms with Gasteiger partial charge in [0.2, 0.25) is 0 Å². The fourth-order valence-electron chi connectivity index (χ4n) is 0.923. The second-order valence-corrected chi connectivity index (χ2v) is 4.84. The largest absolute Gasteiger partial charge is 0.330 e. The lowest BCUT2D eigenvalue weighted by Crippen LogP contribution is -2.21. The summed E-state index contributed by atoms with van der Waals surface area (Å²) < 4.78 is 0. The van der Waals surface area contributed by atoms with Crippen LogP contribution in [0.3, 0.4) is 0 Å². The Morgan fingerprint density at radius 1 is 1.56 bits per heavy atom. The standard InChI is InChI=1S/C7H13NSi/c8-6-7(9)4-2-1-3-5-7/h1-4H,5-6,8H2,9H3. The Bertz CT molecular complexity index is 151. The van der Waals surface area contributed by atoms with E-state index >= 15 is 0 Å². The van der Waals surface area contributed by atoms with Gasteiger partial charge in [-0.05, 0) is 18.0 Å². The Balaban J connectivity index is 2.63. The van der Waals surface area contributed by atoms with Gasteiger partial charge in [-0.2, -0.15) is 0 Å². The van der Waals surface area contributed by atoms with Crippen LogP contribution in [0, 0.1) is 0 Å². The van der Waals surface area contributed by atoms with E-state index in [4.69, 9.17) is 5.73 Å². The van der Waals surface area contributed by atoms with Gasteiger partial charge in [0.15, 0.2) is 0 Å². The van der Waals surface area contributed by atoms with E-state index in [2.05, 4.69) is 24.3 Å². The molecule has 2 N–H and O–H groups in total. The third kappa shape index (κ3) is 1.53. The van der Waals surface area contributed by atoms with Crippen LogP contribution >= 0.6 is 0 Å². The first-order chi connectivity index (χ1) is 4.27. The van der Waals surface area contributed by atoms with Gasteiger partial charge in [-0.25, -0.2) is 0 Å². The second kappa shape index (κ2) is 2.50. The fraction of sp³-hybridized carbons (Fsp3) is 0.429. The van der Waals surface area contributed by atoms with Gasteiger partial charge in [0.1, 0.15) is 0 Å². The van der Waals surface area contributed by atoms with Crippen LogP contribution in [-0.2, 0) is 0 Å². The number of rotatable bonds is 1. The Hall–Kier alpha value is -0.343. The average molecular weight is 139 g/mol. The van der Waals surface area contributed by atoms with Gasteiger partial charge in [0.05, 0.1) is 0 Å². The Kier molecular flexibility index (Phi) is 1.88. The van der Waals surface area contributed by atoms with E-state index < -0.39 is 0 Å². The molecular weight excluding hydrogens is 126 g/mol. The SMILES string of the molecule is NCC1([SiH3])C=CC=CC1. The van der Waals surface area contributed by atoms with Crippen molar-refractivity contribution in [1.29, 1.82) is 0 Å². The van der Waals surface area contributed by atoms with E-state index in [1.807, 2.05) is 0 Å². The molecule has 1 atom stereocenters. The van der Waals surface area contributed by atoms with Crippen molar-refractivity contribution in [3.05, 3.63) is 24.3 Å². The molecular formula is C7H13NSi. The van der Waals surface area contributed by atoms with Crippen molar-refractivity contribution in [2.75, 3.05) is 6.54 Å². The highest BCUT2D eigenvalue weighted by molar-refractivity contribution is 6.17. The summed E-state index contributed by atoms with van der Waals surface area (Å²) in [6.45, 7) is 0.806. The molecule has 0 saturated heterocycles. The molecule has 0 fully saturated rings. The van der Waals surface area contributed by atoms with E-state index in [9.17, 15) is 0 Å². The monoisotopic (exact) mass is 139 g/mol. The summed E-state index contributed by atoms with van der Waals surface area (Å²) in [5, 5.41) is 0.370. The van der Waals surface area contributed by atoms with Crippen LogP contribution < -0.4 is 5.73 Å². The maximum Gasteiger partial charge on any atom is 0.0174 e. The lowest BCUT2D eigenvalue weighted by atomic mass is 10.00. The first-order valence-corrected chi connectivity index (χ1v) is 4.31. The molecule has 0 aromatic rings. The first-order valence-electron chi connectivity index (χ1n) is 3.31. The van der Waals surface area contributed by atoms with Gasteiger partial charge in [-0.3, -0.25) is 0 Å². The fourth-order valence-corrected chi connectivity index (χ4v) is 1.35. The van der Waals surface area contributed by atoms with Gasteiger partial charge >= 0.3 is 0 Å². The van der Waals surface area contributed by atoms with Gasteiger partial charge in [-0.15, -0.1) is 0 Å². The lowest BCUT2D eigenvalue weighted by molar-refractivity contribution is 0.695. The molecule has 1 nitrogen and oxygen atoms in total. The molecule has 1 rings (SSSR count). The smallest absolute Gasteiger partial charge is 0.0174 e. The highest BCUT2D eigenvalue weighted by atomic mass is 28.1. The molecule has 1 unspecified atom stereocenters. The van der Waals surface area contributed by atoms with E-state index in [0.717, 1.165) is 13.0 Å². The highest BCUT2D eigenvalue weighted by Gasteiger charge is 2.17. The summed E-state index contributed by atoms with van der Waals surface area (Å²) >= 11 is 0. The predicted octanol–water partition coefficient (Wildman–Crippen LogP) is -0.0147. The molecule has 0 radical (unpaired) electrons. The molecule has 0 aliphatic heterocycles. The number of allylic oxidation sites excluding steroid dienone is 3. The number of hydrogen-bond acceptors (Lipinski definition) is 1. The minimum atomic E-state index is 0.370. The van der Waals surface area contributed by atoms with Crippen LogP contribution in [0.15, 0.2) is 24.3 Å². The minimum Gasteiger partial charge on any atom is -0.330 e. The molecule has 0 amide bonds. The van der Waals surface area contributed by atoms with Crippen LogP contribution in [0.1, 0.15) is 6.42 Å². The van der Waals surface area contributed by atoms with Crippen LogP contribution in [-0.4, -0.2) is 16.8 Å². The molecule has 0 aromatic heterocycles. The summed E-state index contributed by atoms with van der Waals surface area (Å²) in [4.78, 5) is 0. The third-order valence-corrected chi connectivity index (χ3v) is 2.95.